The van der Waals surface area contributed by atoms with E-state index in [-0.39, 0.29) is 34.2 Å². The molecule has 2 aliphatic carbocycles. The van der Waals surface area contributed by atoms with Crippen molar-refractivity contribution in [1.82, 2.24) is 0 Å². The summed E-state index contributed by atoms with van der Waals surface area (Å²) in [5.41, 5.74) is 2.90. The van der Waals surface area contributed by atoms with Crippen LogP contribution in [0.3, 0.4) is 0 Å². The number of halogens is 1. The minimum absolute atomic E-state index is 0.170. The van der Waals surface area contributed by atoms with Gasteiger partial charge >= 0.3 is 5.97 Å². The van der Waals surface area contributed by atoms with Crippen molar-refractivity contribution in [3.63, 3.8) is 0 Å². The van der Waals surface area contributed by atoms with Crippen molar-refractivity contribution < 1.29 is 27.4 Å². The predicted molar refractivity (Wildman–Crippen MR) is 154 cm³/mol. The molecule has 0 amide bonds. The van der Waals surface area contributed by atoms with Crippen LogP contribution >= 0.6 is 15.9 Å². The van der Waals surface area contributed by atoms with Gasteiger partial charge in [0, 0.05) is 17.3 Å². The van der Waals surface area contributed by atoms with E-state index in [1.165, 1.54) is 7.11 Å². The first-order valence-corrected chi connectivity index (χ1v) is 16.2. The standard InChI is InChI=1S/C32H33BrO6S/c1-37-31(34)26(24-12-15-28(27(33)19-24)40(35,36)25-13-14-25)18-21-16-17-32(20-21)38-29(22-8-4-2-5-9-22)30(39-32)23-10-6-3-7-11-23/h2-12,15,19,21,25-26,29-30H,13-14,16-18,20H2,1H3. The minimum atomic E-state index is -3.35. The number of benzene rings is 3. The number of rotatable bonds is 8. The summed E-state index contributed by atoms with van der Waals surface area (Å²) in [4.78, 5) is 13.3. The van der Waals surface area contributed by atoms with Gasteiger partial charge < -0.3 is 14.2 Å². The Hall–Kier alpha value is -2.52. The molecule has 40 heavy (non-hydrogen) atoms. The zero-order valence-electron chi connectivity index (χ0n) is 22.4. The maximum absolute atomic E-state index is 13.0. The van der Waals surface area contributed by atoms with E-state index in [1.54, 1.807) is 18.2 Å². The number of hydrogen-bond acceptors (Lipinski definition) is 6. The summed E-state index contributed by atoms with van der Waals surface area (Å²) < 4.78 is 44.8. The second kappa shape index (κ2) is 11.0. The lowest BCUT2D eigenvalue weighted by Crippen LogP contribution is -2.27. The third-order valence-corrected chi connectivity index (χ3v) is 11.7. The molecule has 3 fully saturated rings. The van der Waals surface area contributed by atoms with Crippen LogP contribution < -0.4 is 0 Å². The molecule has 4 unspecified atom stereocenters. The van der Waals surface area contributed by atoms with Gasteiger partial charge in [0.1, 0.15) is 12.2 Å². The van der Waals surface area contributed by atoms with Gasteiger partial charge in [-0.15, -0.1) is 0 Å². The number of ether oxygens (including phenoxy) is 3. The fourth-order valence-electron chi connectivity index (χ4n) is 6.23. The number of carbonyl (C=O) groups excluding carboxylic acids is 1. The van der Waals surface area contributed by atoms with E-state index in [0.717, 1.165) is 29.5 Å². The van der Waals surface area contributed by atoms with E-state index in [0.29, 0.717) is 30.2 Å². The number of esters is 1. The monoisotopic (exact) mass is 624 g/mol. The fraction of sp³-hybridized carbons (Fsp3) is 0.406. The van der Waals surface area contributed by atoms with Gasteiger partial charge in [-0.25, -0.2) is 8.42 Å². The van der Waals surface area contributed by atoms with Gasteiger partial charge in [-0.2, -0.15) is 0 Å². The molecule has 3 aromatic carbocycles. The first kappa shape index (κ1) is 27.6. The van der Waals surface area contributed by atoms with Gasteiger partial charge in [-0.3, -0.25) is 4.79 Å². The lowest BCUT2D eigenvalue weighted by atomic mass is 9.88. The van der Waals surface area contributed by atoms with Gasteiger partial charge in [-0.05, 0) is 76.4 Å². The number of methoxy groups -OCH3 is 1. The van der Waals surface area contributed by atoms with Crippen molar-refractivity contribution in [3.8, 4) is 0 Å². The Morgan fingerprint density at radius 1 is 0.950 bits per heavy atom. The zero-order chi connectivity index (χ0) is 27.9. The summed E-state index contributed by atoms with van der Waals surface area (Å²) in [6.45, 7) is 0. The molecule has 3 aliphatic rings. The van der Waals surface area contributed by atoms with Crippen LogP contribution in [0, 0.1) is 5.92 Å². The Kier molecular flexibility index (Phi) is 7.63. The maximum atomic E-state index is 13.0. The van der Waals surface area contributed by atoms with Crippen LogP contribution in [0.5, 0.6) is 0 Å². The van der Waals surface area contributed by atoms with Crippen molar-refractivity contribution in [3.05, 3.63) is 100 Å². The Morgan fingerprint density at radius 3 is 2.08 bits per heavy atom. The predicted octanol–water partition coefficient (Wildman–Crippen LogP) is 7.06. The van der Waals surface area contributed by atoms with E-state index in [9.17, 15) is 13.2 Å². The van der Waals surface area contributed by atoms with Crippen molar-refractivity contribution in [1.29, 1.82) is 0 Å². The molecular weight excluding hydrogens is 592 g/mol. The van der Waals surface area contributed by atoms with Crippen LogP contribution in [0.25, 0.3) is 0 Å². The molecule has 0 radical (unpaired) electrons. The third kappa shape index (κ3) is 5.39. The highest BCUT2D eigenvalue weighted by Crippen LogP contribution is 2.55. The molecule has 1 aliphatic heterocycles. The topological polar surface area (TPSA) is 78.9 Å². The van der Waals surface area contributed by atoms with Crippen LogP contribution in [0.4, 0.5) is 0 Å². The molecule has 0 N–H and O–H groups in total. The van der Waals surface area contributed by atoms with Gasteiger partial charge in [0.05, 0.1) is 23.2 Å². The maximum Gasteiger partial charge on any atom is 0.313 e. The van der Waals surface area contributed by atoms with Crippen LogP contribution in [-0.2, 0) is 28.8 Å². The second-order valence-electron chi connectivity index (χ2n) is 11.2. The second-order valence-corrected chi connectivity index (χ2v) is 14.2. The smallest absolute Gasteiger partial charge is 0.313 e. The quantitative estimate of drug-likeness (QED) is 0.250. The summed E-state index contributed by atoms with van der Waals surface area (Å²) >= 11 is 3.47. The number of hydrogen-bond donors (Lipinski definition) is 0. The van der Waals surface area contributed by atoms with Gasteiger partial charge in [0.2, 0.25) is 0 Å². The lowest BCUT2D eigenvalue weighted by molar-refractivity contribution is -0.173. The normalized spacial score (nSPS) is 27.1. The molecule has 1 saturated heterocycles. The summed E-state index contributed by atoms with van der Waals surface area (Å²) in [5, 5.41) is -0.299. The first-order chi connectivity index (χ1) is 19.3. The molecule has 6 rings (SSSR count). The van der Waals surface area contributed by atoms with Gasteiger partial charge in [-0.1, -0.05) is 66.7 Å². The largest absolute Gasteiger partial charge is 0.469 e. The van der Waals surface area contributed by atoms with Crippen molar-refractivity contribution in [2.45, 2.75) is 72.6 Å². The van der Waals surface area contributed by atoms with E-state index in [4.69, 9.17) is 14.2 Å². The Morgan fingerprint density at radius 2 is 1.55 bits per heavy atom. The van der Waals surface area contributed by atoms with E-state index < -0.39 is 21.5 Å². The molecule has 1 heterocycles. The number of sulfone groups is 1. The van der Waals surface area contributed by atoms with E-state index in [1.807, 2.05) is 36.4 Å². The van der Waals surface area contributed by atoms with Gasteiger partial charge in [0.25, 0.3) is 0 Å². The summed E-state index contributed by atoms with van der Waals surface area (Å²) in [6.07, 6.45) is 3.77. The van der Waals surface area contributed by atoms with Crippen LogP contribution in [0.1, 0.15) is 73.3 Å². The molecule has 2 saturated carbocycles. The molecule has 4 atom stereocenters. The molecule has 0 aromatic heterocycles. The Labute approximate surface area is 244 Å². The SMILES string of the molecule is COC(=O)C(CC1CCC2(C1)OC(c1ccccc1)C(c1ccccc1)O2)c1ccc(S(=O)(=O)C2CC2)c(Br)c1. The number of carbonyl (C=O) groups is 1. The molecule has 6 nitrogen and oxygen atoms in total. The van der Waals surface area contributed by atoms with Crippen LogP contribution in [0.2, 0.25) is 0 Å². The summed E-state index contributed by atoms with van der Waals surface area (Å²) in [5.74, 6) is -1.41. The minimum Gasteiger partial charge on any atom is -0.469 e. The molecule has 3 aromatic rings. The summed E-state index contributed by atoms with van der Waals surface area (Å²) in [7, 11) is -1.96. The van der Waals surface area contributed by atoms with Crippen molar-refractivity contribution >= 4 is 31.7 Å². The van der Waals surface area contributed by atoms with Crippen molar-refractivity contribution in [2.24, 2.45) is 5.92 Å². The summed E-state index contributed by atoms with van der Waals surface area (Å²) in [6, 6.07) is 25.5. The van der Waals surface area contributed by atoms with Gasteiger partial charge in [0.15, 0.2) is 15.6 Å². The Balaban J connectivity index is 1.22. The zero-order valence-corrected chi connectivity index (χ0v) is 24.8. The molecular formula is C32H33BrO6S. The third-order valence-electron chi connectivity index (χ3n) is 8.43. The van der Waals surface area contributed by atoms with Crippen LogP contribution in [-0.4, -0.2) is 32.5 Å². The molecule has 0 bridgehead atoms. The highest BCUT2D eigenvalue weighted by molar-refractivity contribution is 9.10. The fourth-order valence-corrected chi connectivity index (χ4v) is 9.01. The lowest BCUT2D eigenvalue weighted by Gasteiger charge is -2.24. The highest BCUT2D eigenvalue weighted by atomic mass is 79.9. The van der Waals surface area contributed by atoms with E-state index >= 15 is 0 Å². The highest BCUT2D eigenvalue weighted by Gasteiger charge is 2.53. The first-order valence-electron chi connectivity index (χ1n) is 13.9. The molecule has 210 valence electrons. The molecule has 1 spiro atoms. The average molecular weight is 626 g/mol. The average Bonchev–Trinajstić information content (AvgIpc) is 3.68. The van der Waals surface area contributed by atoms with Crippen molar-refractivity contribution in [2.75, 3.05) is 7.11 Å². The molecule has 8 heteroatoms. The van der Waals surface area contributed by atoms with Crippen LogP contribution in [0.15, 0.2) is 88.2 Å². The Bertz CT molecular complexity index is 1420. The van der Waals surface area contributed by atoms with E-state index in [2.05, 4.69) is 40.2 Å².